The second-order valence-electron chi connectivity index (χ2n) is 8.66. The molecule has 1 radical (unpaired) electrons. The number of non-ortho nitro benzene ring substituents is 2. The number of benzene rings is 2. The van der Waals surface area contributed by atoms with E-state index in [0.717, 1.165) is 12.1 Å². The first-order chi connectivity index (χ1) is 20.9. The Morgan fingerprint density at radius 3 is 1.40 bits per heavy atom. The molecule has 239 valence electrons. The molecule has 0 bridgehead atoms. The Kier molecular flexibility index (Phi) is 12.6. The minimum atomic E-state index is -0.580. The molecule has 0 unspecified atom stereocenters. The van der Waals surface area contributed by atoms with Gasteiger partial charge in [0.05, 0.1) is 21.2 Å². The number of rotatable bonds is 10. The molecule has 0 saturated carbocycles. The number of hydrogen-bond donors (Lipinski definition) is 2. The summed E-state index contributed by atoms with van der Waals surface area (Å²) in [4.78, 5) is 20.3. The van der Waals surface area contributed by atoms with Crippen LogP contribution >= 0.6 is 0 Å². The first-order valence-electron chi connectivity index (χ1n) is 12.7. The molecule has 45 heavy (non-hydrogen) atoms. The largest absolute Gasteiger partial charge is 2.00 e. The number of phenols is 2. The van der Waals surface area contributed by atoms with Gasteiger partial charge < -0.3 is 19.7 Å². The number of aryl methyl sites for hydroxylation is 4. The summed E-state index contributed by atoms with van der Waals surface area (Å²) in [6, 6.07) is 6.99. The number of aromatic hydroxyl groups is 2. The van der Waals surface area contributed by atoms with Crippen LogP contribution in [0.3, 0.4) is 0 Å². The molecule has 18 nitrogen and oxygen atoms in total. The van der Waals surface area contributed by atoms with E-state index in [1.165, 1.54) is 24.3 Å². The van der Waals surface area contributed by atoms with E-state index in [-0.39, 0.29) is 51.0 Å². The van der Waals surface area contributed by atoms with E-state index in [1.807, 2.05) is 13.8 Å². The topological polar surface area (TPSA) is 230 Å². The van der Waals surface area contributed by atoms with Crippen molar-refractivity contribution in [3.63, 3.8) is 0 Å². The third-order valence-electron chi connectivity index (χ3n) is 5.83. The smallest absolute Gasteiger partial charge is 0.651 e. The van der Waals surface area contributed by atoms with Gasteiger partial charge in [0.15, 0.2) is 11.4 Å². The molecular formula is C26H28CoN10O8. The number of phenolic OH excluding ortho intramolecular Hbond substituents is 2. The maximum Gasteiger partial charge on any atom is 2.00 e. The monoisotopic (exact) mass is 667 g/mol. The van der Waals surface area contributed by atoms with Gasteiger partial charge in [-0.25, -0.2) is 9.36 Å². The van der Waals surface area contributed by atoms with Gasteiger partial charge in [-0.3, -0.25) is 20.2 Å². The summed E-state index contributed by atoms with van der Waals surface area (Å²) in [5.41, 5.74) is 1.40. The third-order valence-corrected chi connectivity index (χ3v) is 5.83. The maximum absolute atomic E-state index is 10.7. The Balaban J connectivity index is 0.000000307. The van der Waals surface area contributed by atoms with E-state index in [2.05, 4.69) is 44.9 Å². The molecule has 0 saturated heterocycles. The summed E-state index contributed by atoms with van der Waals surface area (Å²) in [7, 11) is 6.69. The van der Waals surface area contributed by atoms with E-state index in [1.54, 1.807) is 23.2 Å². The van der Waals surface area contributed by atoms with Crippen LogP contribution < -0.4 is 9.47 Å². The average molecular weight is 668 g/mol. The predicted molar refractivity (Wildman–Crippen MR) is 155 cm³/mol. The second-order valence-corrected chi connectivity index (χ2v) is 8.66. The minimum absolute atomic E-state index is 0. The molecule has 2 aromatic heterocycles. The van der Waals surface area contributed by atoms with Crippen molar-refractivity contribution in [2.24, 2.45) is 20.5 Å². The quantitative estimate of drug-likeness (QED) is 0.0775. The molecule has 0 atom stereocenters. The summed E-state index contributed by atoms with van der Waals surface area (Å²) in [6.07, 6.45) is 0. The molecule has 0 fully saturated rings. The van der Waals surface area contributed by atoms with Gasteiger partial charge in [-0.1, -0.05) is 0 Å². The second kappa shape index (κ2) is 15.9. The number of nitro groups is 2. The van der Waals surface area contributed by atoms with E-state index in [9.17, 15) is 30.4 Å². The summed E-state index contributed by atoms with van der Waals surface area (Å²) in [6.45, 7) is 8.31. The number of nitrogens with zero attached hydrogens (tertiary/aromatic N) is 10. The van der Waals surface area contributed by atoms with Gasteiger partial charge in [0.2, 0.25) is 11.8 Å². The molecule has 0 aliphatic heterocycles. The minimum Gasteiger partial charge on any atom is -0.651 e. The Morgan fingerprint density at radius 1 is 0.756 bits per heavy atom. The Bertz CT molecular complexity index is 1610. The molecule has 4 rings (SSSR count). The van der Waals surface area contributed by atoms with Gasteiger partial charge in [0.1, 0.15) is 22.9 Å². The van der Waals surface area contributed by atoms with Crippen molar-refractivity contribution in [1.82, 2.24) is 19.6 Å². The van der Waals surface area contributed by atoms with Crippen LogP contribution in [0.2, 0.25) is 0 Å². The van der Waals surface area contributed by atoms with Crippen LogP contribution in [0.5, 0.6) is 23.3 Å². The van der Waals surface area contributed by atoms with Crippen LogP contribution in [0.15, 0.2) is 56.9 Å². The Morgan fingerprint density at radius 2 is 1.11 bits per heavy atom. The summed E-state index contributed by atoms with van der Waals surface area (Å²) in [5, 5.41) is 64.9. The van der Waals surface area contributed by atoms with Crippen molar-refractivity contribution < 1.29 is 46.3 Å². The molecule has 0 aliphatic rings. The van der Waals surface area contributed by atoms with Crippen molar-refractivity contribution in [2.45, 2.75) is 40.8 Å². The van der Waals surface area contributed by atoms with Crippen molar-refractivity contribution in [1.29, 1.82) is 0 Å². The van der Waals surface area contributed by atoms with Crippen LogP contribution in [0.25, 0.3) is 0 Å². The molecule has 0 spiro atoms. The maximum atomic E-state index is 10.7. The van der Waals surface area contributed by atoms with E-state index < -0.39 is 9.85 Å². The van der Waals surface area contributed by atoms with Crippen LogP contribution in [-0.2, 0) is 29.9 Å². The normalized spacial score (nSPS) is 10.8. The molecule has 2 aromatic carbocycles. The Hall–Kier alpha value is -5.43. The average Bonchev–Trinajstić information content (AvgIpc) is 3.49. The standard InChI is InChI=1S/2C13H14N5O4.Co/c2*1-4-17-13(22-3)12(8(2)16-17)15-14-10-7-9(18(20)21)5-6-11(10)19;/h2*5-7,19H,3-4H2,1-2H3;/q2*-1;+2. The number of aromatic nitrogens is 4. The molecule has 0 amide bonds. The van der Waals surface area contributed by atoms with Crippen molar-refractivity contribution in [3.8, 4) is 23.3 Å². The molecule has 0 aliphatic carbocycles. The van der Waals surface area contributed by atoms with Crippen LogP contribution in [0.1, 0.15) is 25.2 Å². The number of ether oxygens (including phenoxy) is 2. The van der Waals surface area contributed by atoms with E-state index in [0.29, 0.717) is 47.6 Å². The third kappa shape index (κ3) is 8.35. The first kappa shape index (κ1) is 35.8. The fraction of sp³-hybridized carbons (Fsp3) is 0.231. The van der Waals surface area contributed by atoms with Gasteiger partial charge in [-0.15, -0.1) is 20.5 Å². The van der Waals surface area contributed by atoms with Crippen LogP contribution in [-0.4, -0.2) is 39.6 Å². The van der Waals surface area contributed by atoms with Gasteiger partial charge in [-0.2, -0.15) is 24.4 Å². The fourth-order valence-electron chi connectivity index (χ4n) is 3.67. The van der Waals surface area contributed by atoms with Gasteiger partial charge >= 0.3 is 16.8 Å². The number of hydrogen-bond acceptors (Lipinski definition) is 14. The van der Waals surface area contributed by atoms with Crippen molar-refractivity contribution >= 4 is 34.1 Å². The van der Waals surface area contributed by atoms with Crippen molar-refractivity contribution in [2.75, 3.05) is 0 Å². The zero-order chi connectivity index (χ0) is 32.6. The van der Waals surface area contributed by atoms with E-state index in [4.69, 9.17) is 9.47 Å². The number of azo groups is 2. The van der Waals surface area contributed by atoms with Gasteiger partial charge in [-0.05, 0) is 39.8 Å². The molecular weight excluding hydrogens is 639 g/mol. The fourth-order valence-corrected chi connectivity index (χ4v) is 3.67. The van der Waals surface area contributed by atoms with Crippen molar-refractivity contribution in [3.05, 3.63) is 82.2 Å². The van der Waals surface area contributed by atoms with Crippen LogP contribution in [0.4, 0.5) is 34.1 Å². The van der Waals surface area contributed by atoms with Gasteiger partial charge in [0, 0.05) is 37.4 Å². The van der Waals surface area contributed by atoms with Gasteiger partial charge in [0.25, 0.3) is 11.4 Å². The molecule has 4 aromatic rings. The zero-order valence-corrected chi connectivity index (χ0v) is 25.5. The summed E-state index contributed by atoms with van der Waals surface area (Å²) < 4.78 is 13.1. The SMILES string of the molecule is [CH2-]Oc1c(N=Nc2cc([N+](=O)[O-])ccc2O)c(C)nn1CC.[CH2-]Oc1c(N=Nc2cc([N+](=O)[O-])ccc2O)c(C)nn1CC.[Co+2]. The number of nitro benzene ring substituents is 2. The Labute approximate surface area is 266 Å². The predicted octanol–water partition coefficient (Wildman–Crippen LogP) is 6.82. The zero-order valence-electron chi connectivity index (χ0n) is 24.4. The first-order valence-corrected chi connectivity index (χ1v) is 12.7. The summed E-state index contributed by atoms with van der Waals surface area (Å²) in [5.74, 6) is 0.223. The van der Waals surface area contributed by atoms with Crippen LogP contribution in [0, 0.1) is 48.3 Å². The molecule has 2 heterocycles. The molecule has 2 N–H and O–H groups in total. The summed E-state index contributed by atoms with van der Waals surface area (Å²) >= 11 is 0. The molecule has 19 heteroatoms. The van der Waals surface area contributed by atoms with E-state index >= 15 is 0 Å².